The second-order valence-electron chi connectivity index (χ2n) is 2.38. The van der Waals surface area contributed by atoms with Crippen molar-refractivity contribution in [2.24, 2.45) is 0 Å². The Labute approximate surface area is 69.6 Å². The molecule has 1 N–H and O–H groups in total. The molecular weight excluding hydrogens is 162 g/mol. The van der Waals surface area contributed by atoms with Gasteiger partial charge in [-0.1, -0.05) is 6.07 Å². The second kappa shape index (κ2) is 4.77. The SMILES string of the molecule is FC(F)CNCc1cccnc1. The summed E-state index contributed by atoms with van der Waals surface area (Å²) in [4.78, 5) is 3.85. The standard InChI is InChI=1S/C8H10F2N2/c9-8(10)6-12-5-7-2-1-3-11-4-7/h1-4,8,12H,5-6H2. The van der Waals surface area contributed by atoms with Crippen LogP contribution in [0.3, 0.4) is 0 Å². The first-order valence-electron chi connectivity index (χ1n) is 3.67. The Balaban J connectivity index is 2.25. The Kier molecular flexibility index (Phi) is 3.60. The van der Waals surface area contributed by atoms with E-state index in [1.165, 1.54) is 0 Å². The molecule has 0 spiro atoms. The van der Waals surface area contributed by atoms with Gasteiger partial charge in [0, 0.05) is 18.9 Å². The van der Waals surface area contributed by atoms with E-state index in [1.807, 2.05) is 6.07 Å². The molecular formula is C8H10F2N2. The normalized spacial score (nSPS) is 10.6. The van der Waals surface area contributed by atoms with Crippen LogP contribution in [-0.2, 0) is 6.54 Å². The van der Waals surface area contributed by atoms with Crippen LogP contribution in [0.2, 0.25) is 0 Å². The smallest absolute Gasteiger partial charge is 0.250 e. The zero-order chi connectivity index (χ0) is 8.81. The first-order valence-corrected chi connectivity index (χ1v) is 3.67. The number of hydrogen-bond acceptors (Lipinski definition) is 2. The molecule has 0 unspecified atom stereocenters. The van der Waals surface area contributed by atoms with E-state index in [2.05, 4.69) is 10.3 Å². The molecule has 0 aliphatic heterocycles. The van der Waals surface area contributed by atoms with Gasteiger partial charge in [0.1, 0.15) is 0 Å². The first-order chi connectivity index (χ1) is 5.79. The molecule has 2 nitrogen and oxygen atoms in total. The highest BCUT2D eigenvalue weighted by molar-refractivity contribution is 5.07. The molecule has 66 valence electrons. The first kappa shape index (κ1) is 9.06. The average Bonchev–Trinajstić information content (AvgIpc) is 2.05. The third kappa shape index (κ3) is 3.39. The Bertz CT molecular complexity index is 214. The lowest BCUT2D eigenvalue weighted by Gasteiger charge is -2.02. The number of pyridine rings is 1. The molecule has 0 amide bonds. The lowest BCUT2D eigenvalue weighted by molar-refractivity contribution is 0.145. The van der Waals surface area contributed by atoms with E-state index in [0.717, 1.165) is 5.56 Å². The summed E-state index contributed by atoms with van der Waals surface area (Å²) in [6.45, 7) is 0.174. The van der Waals surface area contributed by atoms with Crippen molar-refractivity contribution in [3.63, 3.8) is 0 Å². The summed E-state index contributed by atoms with van der Waals surface area (Å²) in [6.07, 6.45) is 1.01. The molecule has 0 aliphatic rings. The molecule has 1 heterocycles. The number of rotatable bonds is 4. The largest absolute Gasteiger partial charge is 0.307 e. The third-order valence-corrected chi connectivity index (χ3v) is 1.35. The van der Waals surface area contributed by atoms with Crippen LogP contribution < -0.4 is 5.32 Å². The topological polar surface area (TPSA) is 24.9 Å². The average molecular weight is 172 g/mol. The minimum absolute atomic E-state index is 0.269. The summed E-state index contributed by atoms with van der Waals surface area (Å²) in [6, 6.07) is 3.62. The van der Waals surface area contributed by atoms with Gasteiger partial charge in [0.05, 0.1) is 6.54 Å². The predicted molar refractivity (Wildman–Crippen MR) is 41.9 cm³/mol. The molecule has 12 heavy (non-hydrogen) atoms. The molecule has 0 atom stereocenters. The van der Waals surface area contributed by atoms with Crippen LogP contribution in [0.5, 0.6) is 0 Å². The molecule has 0 radical (unpaired) electrons. The summed E-state index contributed by atoms with van der Waals surface area (Å²) < 4.78 is 23.3. The van der Waals surface area contributed by atoms with Crippen molar-refractivity contribution in [3.8, 4) is 0 Å². The number of aromatic nitrogens is 1. The summed E-state index contributed by atoms with van der Waals surface area (Å²) in [7, 11) is 0. The number of nitrogens with one attached hydrogen (secondary N) is 1. The number of nitrogens with zero attached hydrogens (tertiary/aromatic N) is 1. The quantitative estimate of drug-likeness (QED) is 0.743. The highest BCUT2D eigenvalue weighted by atomic mass is 19.3. The van der Waals surface area contributed by atoms with Gasteiger partial charge in [-0.3, -0.25) is 4.98 Å². The maximum atomic E-state index is 11.7. The van der Waals surface area contributed by atoms with Crippen LogP contribution in [0, 0.1) is 0 Å². The van der Waals surface area contributed by atoms with E-state index in [9.17, 15) is 8.78 Å². The lowest BCUT2D eigenvalue weighted by atomic mass is 10.3. The van der Waals surface area contributed by atoms with Crippen LogP contribution in [0.25, 0.3) is 0 Å². The molecule has 0 saturated heterocycles. The van der Waals surface area contributed by atoms with Gasteiger partial charge >= 0.3 is 0 Å². The number of hydrogen-bond donors (Lipinski definition) is 1. The fourth-order valence-electron chi connectivity index (χ4n) is 0.828. The van der Waals surface area contributed by atoms with Gasteiger partial charge in [0.25, 0.3) is 6.43 Å². The van der Waals surface area contributed by atoms with Crippen molar-refractivity contribution in [2.45, 2.75) is 13.0 Å². The third-order valence-electron chi connectivity index (χ3n) is 1.35. The van der Waals surface area contributed by atoms with Crippen LogP contribution in [0.1, 0.15) is 5.56 Å². The molecule has 0 aliphatic carbocycles. The molecule has 1 aromatic rings. The Hall–Kier alpha value is -1.03. The van der Waals surface area contributed by atoms with Crippen molar-refractivity contribution >= 4 is 0 Å². The molecule has 4 heteroatoms. The highest BCUT2D eigenvalue weighted by Crippen LogP contribution is 1.95. The van der Waals surface area contributed by atoms with Gasteiger partial charge in [0.2, 0.25) is 0 Å². The van der Waals surface area contributed by atoms with Crippen molar-refractivity contribution in [3.05, 3.63) is 30.1 Å². The van der Waals surface area contributed by atoms with Gasteiger partial charge in [-0.15, -0.1) is 0 Å². The monoisotopic (exact) mass is 172 g/mol. The summed E-state index contributed by atoms with van der Waals surface area (Å²) >= 11 is 0. The summed E-state index contributed by atoms with van der Waals surface area (Å²) in [5.74, 6) is 0. The fraction of sp³-hybridized carbons (Fsp3) is 0.375. The Morgan fingerprint density at radius 1 is 1.50 bits per heavy atom. The number of halogens is 2. The Morgan fingerprint density at radius 3 is 2.92 bits per heavy atom. The molecule has 1 aromatic heterocycles. The molecule has 0 bridgehead atoms. The lowest BCUT2D eigenvalue weighted by Crippen LogP contribution is -2.20. The highest BCUT2D eigenvalue weighted by Gasteiger charge is 1.99. The van der Waals surface area contributed by atoms with E-state index in [4.69, 9.17) is 0 Å². The summed E-state index contributed by atoms with van der Waals surface area (Å²) in [5, 5.41) is 2.61. The number of alkyl halides is 2. The van der Waals surface area contributed by atoms with E-state index in [0.29, 0.717) is 6.54 Å². The van der Waals surface area contributed by atoms with Gasteiger partial charge < -0.3 is 5.32 Å². The predicted octanol–water partition coefficient (Wildman–Crippen LogP) is 1.44. The van der Waals surface area contributed by atoms with E-state index in [-0.39, 0.29) is 6.54 Å². The Morgan fingerprint density at radius 2 is 2.33 bits per heavy atom. The van der Waals surface area contributed by atoms with E-state index >= 15 is 0 Å². The van der Waals surface area contributed by atoms with Gasteiger partial charge in [0.15, 0.2) is 0 Å². The molecule has 0 saturated carbocycles. The maximum Gasteiger partial charge on any atom is 0.250 e. The van der Waals surface area contributed by atoms with Crippen LogP contribution in [0.4, 0.5) is 8.78 Å². The van der Waals surface area contributed by atoms with Crippen molar-refractivity contribution in [1.29, 1.82) is 0 Å². The molecule has 0 fully saturated rings. The van der Waals surface area contributed by atoms with Gasteiger partial charge in [-0.2, -0.15) is 0 Å². The molecule has 0 aromatic carbocycles. The second-order valence-corrected chi connectivity index (χ2v) is 2.38. The minimum Gasteiger partial charge on any atom is -0.307 e. The van der Waals surface area contributed by atoms with Gasteiger partial charge in [-0.25, -0.2) is 8.78 Å². The zero-order valence-electron chi connectivity index (χ0n) is 6.50. The van der Waals surface area contributed by atoms with Crippen molar-refractivity contribution in [1.82, 2.24) is 10.3 Å². The van der Waals surface area contributed by atoms with Crippen molar-refractivity contribution < 1.29 is 8.78 Å². The van der Waals surface area contributed by atoms with E-state index < -0.39 is 6.43 Å². The van der Waals surface area contributed by atoms with Crippen LogP contribution in [0.15, 0.2) is 24.5 Å². The molecule has 1 rings (SSSR count). The zero-order valence-corrected chi connectivity index (χ0v) is 6.50. The fourth-order valence-corrected chi connectivity index (χ4v) is 0.828. The summed E-state index contributed by atoms with van der Waals surface area (Å²) in [5.41, 5.74) is 0.915. The van der Waals surface area contributed by atoms with E-state index in [1.54, 1.807) is 18.5 Å². The van der Waals surface area contributed by atoms with Crippen molar-refractivity contribution in [2.75, 3.05) is 6.54 Å². The maximum absolute atomic E-state index is 11.7. The van der Waals surface area contributed by atoms with Crippen LogP contribution in [-0.4, -0.2) is 18.0 Å². The van der Waals surface area contributed by atoms with Gasteiger partial charge in [-0.05, 0) is 11.6 Å². The minimum atomic E-state index is -2.29. The van der Waals surface area contributed by atoms with Crippen LogP contribution >= 0.6 is 0 Å².